The summed E-state index contributed by atoms with van der Waals surface area (Å²) < 4.78 is 0. The molecule has 1 fully saturated rings. The highest BCUT2D eigenvalue weighted by atomic mass is 16.2. The SMILES string of the molecule is O=C(Nc1ccc2cn[nH]c2c1)[C@H]1CCCN1. The van der Waals surface area contributed by atoms with Crippen LogP contribution in [-0.2, 0) is 4.79 Å². The lowest BCUT2D eigenvalue weighted by Crippen LogP contribution is -2.35. The summed E-state index contributed by atoms with van der Waals surface area (Å²) in [4.78, 5) is 11.9. The maximum atomic E-state index is 11.9. The lowest BCUT2D eigenvalue weighted by Gasteiger charge is -2.10. The van der Waals surface area contributed by atoms with Crippen LogP contribution in [0.4, 0.5) is 5.69 Å². The fourth-order valence-corrected chi connectivity index (χ4v) is 2.15. The Labute approximate surface area is 98.6 Å². The molecular formula is C12H14N4O. The van der Waals surface area contributed by atoms with Gasteiger partial charge in [-0.25, -0.2) is 0 Å². The number of rotatable bonds is 2. The number of amides is 1. The van der Waals surface area contributed by atoms with Gasteiger partial charge < -0.3 is 10.6 Å². The number of hydrogen-bond donors (Lipinski definition) is 3. The van der Waals surface area contributed by atoms with Crippen molar-refractivity contribution in [3.63, 3.8) is 0 Å². The first-order valence-corrected chi connectivity index (χ1v) is 5.80. The van der Waals surface area contributed by atoms with E-state index in [1.165, 1.54) is 0 Å². The van der Waals surface area contributed by atoms with Crippen LogP contribution in [-0.4, -0.2) is 28.7 Å². The van der Waals surface area contributed by atoms with E-state index in [1.54, 1.807) is 6.20 Å². The van der Waals surface area contributed by atoms with E-state index in [1.807, 2.05) is 18.2 Å². The summed E-state index contributed by atoms with van der Waals surface area (Å²) in [5.74, 6) is 0.0429. The highest BCUT2D eigenvalue weighted by Gasteiger charge is 2.21. The first-order valence-electron chi connectivity index (χ1n) is 5.80. The zero-order chi connectivity index (χ0) is 11.7. The largest absolute Gasteiger partial charge is 0.325 e. The van der Waals surface area contributed by atoms with E-state index >= 15 is 0 Å². The van der Waals surface area contributed by atoms with Crippen LogP contribution in [0.25, 0.3) is 10.9 Å². The van der Waals surface area contributed by atoms with Gasteiger partial charge in [-0.3, -0.25) is 9.89 Å². The molecule has 5 nitrogen and oxygen atoms in total. The normalized spacial score (nSPS) is 19.6. The average molecular weight is 230 g/mol. The number of carbonyl (C=O) groups is 1. The number of nitrogens with one attached hydrogen (secondary N) is 3. The molecule has 1 aliphatic rings. The van der Waals surface area contributed by atoms with Gasteiger partial charge in [-0.15, -0.1) is 0 Å². The van der Waals surface area contributed by atoms with Gasteiger partial charge in [-0.1, -0.05) is 0 Å². The Morgan fingerprint density at radius 3 is 3.24 bits per heavy atom. The Morgan fingerprint density at radius 2 is 2.41 bits per heavy atom. The molecule has 0 bridgehead atoms. The molecule has 1 aromatic carbocycles. The molecule has 1 aromatic heterocycles. The fourth-order valence-electron chi connectivity index (χ4n) is 2.15. The van der Waals surface area contributed by atoms with Crippen LogP contribution >= 0.6 is 0 Å². The van der Waals surface area contributed by atoms with Crippen molar-refractivity contribution in [2.24, 2.45) is 0 Å². The van der Waals surface area contributed by atoms with Crippen LogP contribution in [0.2, 0.25) is 0 Å². The van der Waals surface area contributed by atoms with Crippen molar-refractivity contribution < 1.29 is 4.79 Å². The van der Waals surface area contributed by atoms with Crippen molar-refractivity contribution >= 4 is 22.5 Å². The lowest BCUT2D eigenvalue weighted by atomic mass is 10.2. The number of hydrogen-bond acceptors (Lipinski definition) is 3. The van der Waals surface area contributed by atoms with Crippen molar-refractivity contribution in [2.45, 2.75) is 18.9 Å². The predicted octanol–water partition coefficient (Wildman–Crippen LogP) is 1.25. The molecule has 1 amide bonds. The standard InChI is InChI=1S/C12H14N4O/c17-12(10-2-1-5-13-10)15-9-4-3-8-7-14-16-11(8)6-9/h3-4,6-7,10,13H,1-2,5H2,(H,14,16)(H,15,17)/t10-/m1/s1. The van der Waals surface area contributed by atoms with Gasteiger partial charge in [0.2, 0.25) is 5.91 Å². The molecule has 0 aliphatic carbocycles. The van der Waals surface area contributed by atoms with E-state index in [-0.39, 0.29) is 11.9 Å². The minimum Gasteiger partial charge on any atom is -0.325 e. The molecule has 2 heterocycles. The van der Waals surface area contributed by atoms with Gasteiger partial charge in [0.05, 0.1) is 17.8 Å². The molecular weight excluding hydrogens is 216 g/mol. The van der Waals surface area contributed by atoms with Crippen LogP contribution in [0.3, 0.4) is 0 Å². The van der Waals surface area contributed by atoms with Crippen LogP contribution < -0.4 is 10.6 Å². The quantitative estimate of drug-likeness (QED) is 0.727. The van der Waals surface area contributed by atoms with Gasteiger partial charge in [0.1, 0.15) is 0 Å². The smallest absolute Gasteiger partial charge is 0.241 e. The first-order chi connectivity index (χ1) is 8.33. The van der Waals surface area contributed by atoms with E-state index in [2.05, 4.69) is 20.8 Å². The molecule has 1 saturated heterocycles. The third kappa shape index (κ3) is 2.01. The van der Waals surface area contributed by atoms with Gasteiger partial charge in [0.15, 0.2) is 0 Å². The number of H-pyrrole nitrogens is 1. The highest BCUT2D eigenvalue weighted by Crippen LogP contribution is 2.17. The zero-order valence-electron chi connectivity index (χ0n) is 9.36. The zero-order valence-corrected chi connectivity index (χ0v) is 9.36. The average Bonchev–Trinajstić information content (AvgIpc) is 2.99. The Bertz CT molecular complexity index is 542. The molecule has 5 heteroatoms. The molecule has 0 saturated carbocycles. The highest BCUT2D eigenvalue weighted by molar-refractivity contribution is 5.96. The predicted molar refractivity (Wildman–Crippen MR) is 65.7 cm³/mol. The van der Waals surface area contributed by atoms with Crippen LogP contribution in [0.5, 0.6) is 0 Å². The number of carbonyl (C=O) groups excluding carboxylic acids is 1. The molecule has 0 radical (unpaired) electrons. The third-order valence-electron chi connectivity index (χ3n) is 3.09. The second kappa shape index (κ2) is 4.18. The van der Waals surface area contributed by atoms with Crippen molar-refractivity contribution in [1.82, 2.24) is 15.5 Å². The Balaban J connectivity index is 1.77. The Morgan fingerprint density at radius 1 is 1.47 bits per heavy atom. The second-order valence-corrected chi connectivity index (χ2v) is 4.31. The van der Waals surface area contributed by atoms with E-state index in [9.17, 15) is 4.79 Å². The van der Waals surface area contributed by atoms with E-state index in [4.69, 9.17) is 0 Å². The van der Waals surface area contributed by atoms with E-state index in [0.29, 0.717) is 0 Å². The molecule has 17 heavy (non-hydrogen) atoms. The van der Waals surface area contributed by atoms with Crippen molar-refractivity contribution in [3.05, 3.63) is 24.4 Å². The molecule has 1 aliphatic heterocycles. The van der Waals surface area contributed by atoms with Crippen LogP contribution in [0.15, 0.2) is 24.4 Å². The molecule has 1 atom stereocenters. The van der Waals surface area contributed by atoms with Crippen molar-refractivity contribution in [3.8, 4) is 0 Å². The van der Waals surface area contributed by atoms with Crippen LogP contribution in [0.1, 0.15) is 12.8 Å². The molecule has 0 unspecified atom stereocenters. The summed E-state index contributed by atoms with van der Waals surface area (Å²) in [6.45, 7) is 0.928. The van der Waals surface area contributed by atoms with Gasteiger partial charge in [-0.05, 0) is 37.6 Å². The summed E-state index contributed by atoms with van der Waals surface area (Å²) in [5, 5.41) is 14.0. The second-order valence-electron chi connectivity index (χ2n) is 4.31. The minimum atomic E-state index is -0.0486. The summed E-state index contributed by atoms with van der Waals surface area (Å²) >= 11 is 0. The number of fused-ring (bicyclic) bond motifs is 1. The Hall–Kier alpha value is -1.88. The molecule has 3 N–H and O–H groups in total. The molecule has 0 spiro atoms. The minimum absolute atomic E-state index is 0.0429. The molecule has 88 valence electrons. The maximum absolute atomic E-state index is 11.9. The van der Waals surface area contributed by atoms with Gasteiger partial charge in [0, 0.05) is 11.1 Å². The summed E-state index contributed by atoms with van der Waals surface area (Å²) in [7, 11) is 0. The van der Waals surface area contributed by atoms with Gasteiger partial charge in [0.25, 0.3) is 0 Å². The number of benzene rings is 1. The summed E-state index contributed by atoms with van der Waals surface area (Å²) in [5.41, 5.74) is 1.74. The first kappa shape index (κ1) is 10.3. The number of aromatic nitrogens is 2. The number of anilines is 1. The van der Waals surface area contributed by atoms with E-state index in [0.717, 1.165) is 36.0 Å². The maximum Gasteiger partial charge on any atom is 0.241 e. The monoisotopic (exact) mass is 230 g/mol. The molecule has 3 rings (SSSR count). The van der Waals surface area contributed by atoms with Crippen molar-refractivity contribution in [1.29, 1.82) is 0 Å². The van der Waals surface area contributed by atoms with Gasteiger partial charge in [-0.2, -0.15) is 5.10 Å². The van der Waals surface area contributed by atoms with Crippen LogP contribution in [0, 0.1) is 0 Å². The number of aromatic amines is 1. The summed E-state index contributed by atoms with van der Waals surface area (Å²) in [6, 6.07) is 5.68. The summed E-state index contributed by atoms with van der Waals surface area (Å²) in [6.07, 6.45) is 3.75. The van der Waals surface area contributed by atoms with E-state index < -0.39 is 0 Å². The Kier molecular flexibility index (Phi) is 2.53. The third-order valence-corrected chi connectivity index (χ3v) is 3.09. The lowest BCUT2D eigenvalue weighted by molar-refractivity contribution is -0.117. The topological polar surface area (TPSA) is 69.8 Å². The fraction of sp³-hybridized carbons (Fsp3) is 0.333. The van der Waals surface area contributed by atoms with Crippen molar-refractivity contribution in [2.75, 3.05) is 11.9 Å². The molecule has 2 aromatic rings. The van der Waals surface area contributed by atoms with Gasteiger partial charge >= 0.3 is 0 Å². The number of nitrogens with zero attached hydrogens (tertiary/aromatic N) is 1.